The van der Waals surface area contributed by atoms with Crippen molar-refractivity contribution in [3.05, 3.63) is 113 Å². The van der Waals surface area contributed by atoms with Crippen LogP contribution in [0.4, 0.5) is 4.79 Å². The Hall–Kier alpha value is -4.19. The van der Waals surface area contributed by atoms with E-state index in [0.29, 0.717) is 18.3 Å². The van der Waals surface area contributed by atoms with Crippen molar-refractivity contribution in [2.24, 2.45) is 0 Å². The third-order valence-electron chi connectivity index (χ3n) is 6.47. The van der Waals surface area contributed by atoms with Gasteiger partial charge in [-0.25, -0.2) is 4.79 Å². The van der Waals surface area contributed by atoms with Crippen molar-refractivity contribution in [2.45, 2.75) is 39.8 Å². The molecule has 5 rings (SSSR count). The van der Waals surface area contributed by atoms with Crippen molar-refractivity contribution in [1.29, 1.82) is 0 Å². The molecule has 0 spiro atoms. The van der Waals surface area contributed by atoms with Crippen molar-refractivity contribution in [3.63, 3.8) is 0 Å². The van der Waals surface area contributed by atoms with Gasteiger partial charge in [-0.05, 0) is 37.0 Å². The van der Waals surface area contributed by atoms with E-state index in [1.54, 1.807) is 4.90 Å². The first-order valence-corrected chi connectivity index (χ1v) is 11.9. The van der Waals surface area contributed by atoms with Crippen LogP contribution in [0.2, 0.25) is 0 Å². The molecule has 0 fully saturated rings. The summed E-state index contributed by atoms with van der Waals surface area (Å²) in [6, 6.07) is 25.7. The molecule has 0 saturated heterocycles. The zero-order chi connectivity index (χ0) is 24.4. The van der Waals surface area contributed by atoms with E-state index < -0.39 is 6.04 Å². The molecule has 2 amide bonds. The number of hydrogen-bond donors (Lipinski definition) is 1. The lowest BCUT2D eigenvalue weighted by atomic mass is 9.94. The molecule has 1 aliphatic rings. The van der Waals surface area contributed by atoms with Gasteiger partial charge in [-0.15, -0.1) is 0 Å². The van der Waals surface area contributed by atoms with E-state index in [4.69, 9.17) is 9.51 Å². The number of carbonyl (C=O) groups is 1. The highest BCUT2D eigenvalue weighted by Crippen LogP contribution is 2.38. The number of nitrogens with zero attached hydrogens (tertiary/aromatic N) is 3. The molecule has 1 atom stereocenters. The summed E-state index contributed by atoms with van der Waals surface area (Å²) < 4.78 is 5.77. The molecular formula is C29H28N4O2. The van der Waals surface area contributed by atoms with Gasteiger partial charge in [-0.1, -0.05) is 96.5 Å². The lowest BCUT2D eigenvalue weighted by Crippen LogP contribution is -2.45. The average Bonchev–Trinajstić information content (AvgIpc) is 3.37. The molecule has 1 aromatic heterocycles. The Bertz CT molecular complexity index is 1360. The number of aryl methyl sites for hydroxylation is 2. The van der Waals surface area contributed by atoms with Crippen LogP contribution < -0.4 is 5.32 Å². The largest absolute Gasteiger partial charge is 0.334 e. The third kappa shape index (κ3) is 4.60. The van der Waals surface area contributed by atoms with Crippen LogP contribution in [0.5, 0.6) is 0 Å². The summed E-state index contributed by atoms with van der Waals surface area (Å²) in [5.41, 5.74) is 6.91. The monoisotopic (exact) mass is 464 g/mol. The minimum absolute atomic E-state index is 0.154. The number of amides is 2. The molecule has 4 aromatic rings. The van der Waals surface area contributed by atoms with E-state index in [-0.39, 0.29) is 6.03 Å². The number of rotatable bonds is 6. The summed E-state index contributed by atoms with van der Waals surface area (Å²) in [5.74, 6) is 0.917. The van der Waals surface area contributed by atoms with Gasteiger partial charge < -0.3 is 9.84 Å². The second-order valence-corrected chi connectivity index (χ2v) is 8.84. The number of nitrogens with one attached hydrogen (secondary N) is 1. The number of hydrogen-bond acceptors (Lipinski definition) is 4. The minimum atomic E-state index is -0.397. The molecule has 3 aromatic carbocycles. The van der Waals surface area contributed by atoms with Crippen LogP contribution in [0.25, 0.3) is 17.0 Å². The van der Waals surface area contributed by atoms with Gasteiger partial charge in [0.25, 0.3) is 5.89 Å². The van der Waals surface area contributed by atoms with E-state index in [2.05, 4.69) is 41.7 Å². The Kier molecular flexibility index (Phi) is 6.19. The molecule has 1 unspecified atom stereocenters. The molecule has 176 valence electrons. The Morgan fingerprint density at radius 3 is 2.29 bits per heavy atom. The van der Waals surface area contributed by atoms with Gasteiger partial charge in [0.15, 0.2) is 0 Å². The molecule has 6 nitrogen and oxygen atoms in total. The van der Waals surface area contributed by atoms with Gasteiger partial charge in [0.05, 0.1) is 18.2 Å². The van der Waals surface area contributed by atoms with E-state index in [9.17, 15) is 4.79 Å². The van der Waals surface area contributed by atoms with Gasteiger partial charge >= 0.3 is 6.03 Å². The molecule has 0 radical (unpaired) electrons. The normalized spacial score (nSPS) is 15.9. The van der Waals surface area contributed by atoms with Crippen LogP contribution in [0.1, 0.15) is 48.0 Å². The SMILES string of the molecule is CCc1ccc(CN2C(=O)NC(c3ccc(C)cc3)C(c3nc(-c4ccccc4)no3)=C2C)cc1. The number of allylic oxidation sites excluding steroid dienone is 1. The second-order valence-electron chi connectivity index (χ2n) is 8.84. The molecule has 1 aliphatic heterocycles. The van der Waals surface area contributed by atoms with E-state index in [1.165, 1.54) is 5.56 Å². The van der Waals surface area contributed by atoms with Gasteiger partial charge in [0.2, 0.25) is 5.82 Å². The van der Waals surface area contributed by atoms with Gasteiger partial charge in [0, 0.05) is 11.3 Å². The maximum atomic E-state index is 13.3. The second kappa shape index (κ2) is 9.58. The summed E-state index contributed by atoms with van der Waals surface area (Å²) in [7, 11) is 0. The number of aromatic nitrogens is 2. The van der Waals surface area contributed by atoms with Crippen LogP contribution in [0.15, 0.2) is 89.1 Å². The van der Waals surface area contributed by atoms with Crippen LogP contribution >= 0.6 is 0 Å². The zero-order valence-electron chi connectivity index (χ0n) is 20.2. The Morgan fingerprint density at radius 2 is 1.60 bits per heavy atom. The summed E-state index contributed by atoms with van der Waals surface area (Å²) in [5, 5.41) is 7.41. The summed E-state index contributed by atoms with van der Waals surface area (Å²) >= 11 is 0. The summed E-state index contributed by atoms with van der Waals surface area (Å²) in [4.78, 5) is 19.8. The molecule has 0 bridgehead atoms. The lowest BCUT2D eigenvalue weighted by molar-refractivity contribution is 0.203. The molecule has 0 saturated carbocycles. The predicted octanol–water partition coefficient (Wildman–Crippen LogP) is 6.31. The average molecular weight is 465 g/mol. The first-order chi connectivity index (χ1) is 17.0. The van der Waals surface area contributed by atoms with Crippen molar-refractivity contribution < 1.29 is 9.32 Å². The van der Waals surface area contributed by atoms with Crippen LogP contribution in [-0.4, -0.2) is 21.1 Å². The molecule has 1 N–H and O–H groups in total. The van der Waals surface area contributed by atoms with Gasteiger partial charge in [-0.2, -0.15) is 4.98 Å². The van der Waals surface area contributed by atoms with E-state index in [1.807, 2.05) is 68.4 Å². The lowest BCUT2D eigenvalue weighted by Gasteiger charge is -2.35. The number of urea groups is 1. The fraction of sp³-hybridized carbons (Fsp3) is 0.207. The first kappa shape index (κ1) is 22.6. The Labute approximate surface area is 205 Å². The van der Waals surface area contributed by atoms with Crippen molar-refractivity contribution in [3.8, 4) is 11.4 Å². The molecular weight excluding hydrogens is 436 g/mol. The minimum Gasteiger partial charge on any atom is -0.334 e. The highest BCUT2D eigenvalue weighted by atomic mass is 16.5. The Balaban J connectivity index is 1.57. The van der Waals surface area contributed by atoms with Crippen LogP contribution in [0, 0.1) is 6.92 Å². The first-order valence-electron chi connectivity index (χ1n) is 11.9. The van der Waals surface area contributed by atoms with Crippen molar-refractivity contribution in [1.82, 2.24) is 20.4 Å². The zero-order valence-corrected chi connectivity index (χ0v) is 20.2. The van der Waals surface area contributed by atoms with Gasteiger partial charge in [0.1, 0.15) is 0 Å². The third-order valence-corrected chi connectivity index (χ3v) is 6.47. The summed E-state index contributed by atoms with van der Waals surface area (Å²) in [6.45, 7) is 6.57. The molecule has 35 heavy (non-hydrogen) atoms. The quantitative estimate of drug-likeness (QED) is 0.363. The standard InChI is InChI=1S/C29H28N4O2/c1-4-21-12-14-22(15-13-21)18-33-20(3)25(26(30-29(33)34)23-16-10-19(2)11-17-23)28-31-27(32-35-28)24-8-6-5-7-9-24/h5-17,26H,4,18H2,1-3H3,(H,30,34). The molecule has 6 heteroatoms. The highest BCUT2D eigenvalue weighted by Gasteiger charge is 2.35. The molecule has 0 aliphatic carbocycles. The fourth-order valence-electron chi connectivity index (χ4n) is 4.36. The highest BCUT2D eigenvalue weighted by molar-refractivity contribution is 5.86. The number of carbonyl (C=O) groups excluding carboxylic acids is 1. The Morgan fingerprint density at radius 1 is 0.914 bits per heavy atom. The van der Waals surface area contributed by atoms with E-state index >= 15 is 0 Å². The predicted molar refractivity (Wildman–Crippen MR) is 136 cm³/mol. The summed E-state index contributed by atoms with van der Waals surface area (Å²) in [6.07, 6.45) is 0.979. The maximum absolute atomic E-state index is 13.3. The van der Waals surface area contributed by atoms with Crippen molar-refractivity contribution >= 4 is 11.6 Å². The topological polar surface area (TPSA) is 71.3 Å². The van der Waals surface area contributed by atoms with Gasteiger partial charge in [-0.3, -0.25) is 4.90 Å². The van der Waals surface area contributed by atoms with Crippen molar-refractivity contribution in [2.75, 3.05) is 0 Å². The van der Waals surface area contributed by atoms with Crippen LogP contribution in [-0.2, 0) is 13.0 Å². The maximum Gasteiger partial charge on any atom is 0.322 e. The molecule has 2 heterocycles. The smallest absolute Gasteiger partial charge is 0.322 e. The number of benzene rings is 3. The van der Waals surface area contributed by atoms with E-state index in [0.717, 1.165) is 39.9 Å². The fourth-order valence-corrected chi connectivity index (χ4v) is 4.36. The van der Waals surface area contributed by atoms with Crippen LogP contribution in [0.3, 0.4) is 0 Å².